The summed E-state index contributed by atoms with van der Waals surface area (Å²) in [5.74, 6) is 0.599. The summed E-state index contributed by atoms with van der Waals surface area (Å²) < 4.78 is 8.17. The van der Waals surface area contributed by atoms with Crippen LogP contribution in [0.5, 0.6) is 0 Å². The molecule has 1 saturated heterocycles. The maximum Gasteiger partial charge on any atom is 0.0839 e. The molecular formula is C13H20ClN3O. The molecule has 4 nitrogen and oxygen atoms in total. The van der Waals surface area contributed by atoms with Crippen molar-refractivity contribution in [1.29, 1.82) is 0 Å². The van der Waals surface area contributed by atoms with E-state index in [1.54, 1.807) is 0 Å². The molecule has 2 heterocycles. The van der Waals surface area contributed by atoms with Gasteiger partial charge in [0.05, 0.1) is 23.9 Å². The van der Waals surface area contributed by atoms with Gasteiger partial charge in [-0.25, -0.2) is 4.68 Å². The van der Waals surface area contributed by atoms with Crippen molar-refractivity contribution in [3.63, 3.8) is 0 Å². The molecule has 1 aliphatic heterocycles. The van der Waals surface area contributed by atoms with Crippen molar-refractivity contribution < 1.29 is 4.74 Å². The van der Waals surface area contributed by atoms with Crippen molar-refractivity contribution in [2.45, 2.75) is 63.2 Å². The highest BCUT2D eigenvalue weighted by Crippen LogP contribution is 2.43. The van der Waals surface area contributed by atoms with E-state index < -0.39 is 0 Å². The van der Waals surface area contributed by atoms with Gasteiger partial charge in [0.1, 0.15) is 0 Å². The number of rotatable bonds is 4. The van der Waals surface area contributed by atoms with Crippen molar-refractivity contribution in [2.75, 3.05) is 5.88 Å². The van der Waals surface area contributed by atoms with E-state index in [0.717, 1.165) is 25.1 Å². The third-order valence-electron chi connectivity index (χ3n) is 4.18. The molecule has 18 heavy (non-hydrogen) atoms. The van der Waals surface area contributed by atoms with Crippen LogP contribution >= 0.6 is 11.6 Å². The first-order valence-corrected chi connectivity index (χ1v) is 7.46. The largest absolute Gasteiger partial charge is 0.370 e. The minimum atomic E-state index is 0.213. The molecule has 1 saturated carbocycles. The van der Waals surface area contributed by atoms with E-state index in [-0.39, 0.29) is 5.60 Å². The smallest absolute Gasteiger partial charge is 0.0839 e. The Morgan fingerprint density at radius 2 is 2.22 bits per heavy atom. The highest BCUT2D eigenvalue weighted by molar-refractivity contribution is 6.17. The lowest BCUT2D eigenvalue weighted by Crippen LogP contribution is -2.26. The average Bonchev–Trinajstić information content (AvgIpc) is 3.06. The monoisotopic (exact) mass is 269 g/mol. The van der Waals surface area contributed by atoms with Crippen LogP contribution in [0.4, 0.5) is 0 Å². The normalized spacial score (nSPS) is 26.2. The van der Waals surface area contributed by atoms with Gasteiger partial charge in [-0.2, -0.15) is 0 Å². The Bertz CT molecular complexity index is 401. The summed E-state index contributed by atoms with van der Waals surface area (Å²) in [7, 11) is 0. The van der Waals surface area contributed by atoms with Gasteiger partial charge in [0, 0.05) is 18.5 Å². The number of alkyl halides is 1. The van der Waals surface area contributed by atoms with Crippen molar-refractivity contribution in [1.82, 2.24) is 15.0 Å². The fourth-order valence-corrected chi connectivity index (χ4v) is 3.45. The minimum absolute atomic E-state index is 0.213. The van der Waals surface area contributed by atoms with Crippen molar-refractivity contribution in [2.24, 2.45) is 0 Å². The molecule has 1 unspecified atom stereocenters. The van der Waals surface area contributed by atoms with Gasteiger partial charge in [-0.05, 0) is 25.7 Å². The molecule has 2 aliphatic rings. The quantitative estimate of drug-likeness (QED) is 0.789. The van der Waals surface area contributed by atoms with Crippen LogP contribution in [-0.4, -0.2) is 32.6 Å². The van der Waals surface area contributed by atoms with E-state index in [9.17, 15) is 0 Å². The number of ether oxygens (including phenoxy) is 1. The van der Waals surface area contributed by atoms with Crippen molar-refractivity contribution in [3.05, 3.63) is 11.9 Å². The molecule has 0 radical (unpaired) electrons. The zero-order valence-corrected chi connectivity index (χ0v) is 11.4. The number of aryl methyl sites for hydroxylation is 1. The molecule has 1 aliphatic carbocycles. The van der Waals surface area contributed by atoms with Gasteiger partial charge < -0.3 is 4.74 Å². The third-order valence-corrected chi connectivity index (χ3v) is 4.37. The van der Waals surface area contributed by atoms with Crippen LogP contribution < -0.4 is 0 Å². The van der Waals surface area contributed by atoms with Gasteiger partial charge in [0.2, 0.25) is 0 Å². The molecule has 0 aromatic carbocycles. The Morgan fingerprint density at radius 3 is 3.00 bits per heavy atom. The summed E-state index contributed by atoms with van der Waals surface area (Å²) in [6, 6.07) is 0. The number of hydrogen-bond acceptors (Lipinski definition) is 3. The molecule has 0 amide bonds. The highest BCUT2D eigenvalue weighted by Gasteiger charge is 2.42. The standard InChI is InChI=1S/C13H20ClN3O/c14-8-4-11-9-17(16-15-11)10-12-3-7-13(18-12)5-1-2-6-13/h9,12H,1-8,10H2. The highest BCUT2D eigenvalue weighted by atomic mass is 35.5. The fourth-order valence-electron chi connectivity index (χ4n) is 3.26. The maximum atomic E-state index is 6.27. The second kappa shape index (κ2) is 5.17. The van der Waals surface area contributed by atoms with Crippen LogP contribution in [0.25, 0.3) is 0 Å². The summed E-state index contributed by atoms with van der Waals surface area (Å²) in [6.45, 7) is 0.830. The van der Waals surface area contributed by atoms with Crippen LogP contribution in [0.3, 0.4) is 0 Å². The Balaban J connectivity index is 1.56. The Morgan fingerprint density at radius 1 is 1.39 bits per heavy atom. The van der Waals surface area contributed by atoms with Gasteiger partial charge in [-0.15, -0.1) is 16.7 Å². The zero-order valence-electron chi connectivity index (χ0n) is 10.6. The summed E-state index contributed by atoms with van der Waals surface area (Å²) in [5, 5.41) is 8.25. The number of aromatic nitrogens is 3. The third kappa shape index (κ3) is 2.54. The van der Waals surface area contributed by atoms with E-state index in [2.05, 4.69) is 10.3 Å². The zero-order chi connectivity index (χ0) is 12.4. The van der Waals surface area contributed by atoms with Crippen molar-refractivity contribution in [3.8, 4) is 0 Å². The fraction of sp³-hybridized carbons (Fsp3) is 0.846. The average molecular weight is 270 g/mol. The first-order chi connectivity index (χ1) is 8.80. The Kier molecular flexibility index (Phi) is 3.57. The molecule has 1 aromatic rings. The van der Waals surface area contributed by atoms with E-state index in [1.807, 2.05) is 10.9 Å². The summed E-state index contributed by atoms with van der Waals surface area (Å²) in [5.41, 5.74) is 1.18. The number of halogens is 1. The molecule has 100 valence electrons. The van der Waals surface area contributed by atoms with E-state index >= 15 is 0 Å². The molecule has 1 spiro atoms. The Hall–Kier alpha value is -0.610. The van der Waals surface area contributed by atoms with E-state index in [4.69, 9.17) is 16.3 Å². The lowest BCUT2D eigenvalue weighted by Gasteiger charge is -2.23. The van der Waals surface area contributed by atoms with Crippen LogP contribution in [0.2, 0.25) is 0 Å². The molecule has 1 aromatic heterocycles. The van der Waals surface area contributed by atoms with Gasteiger partial charge >= 0.3 is 0 Å². The molecule has 2 fully saturated rings. The first kappa shape index (κ1) is 12.4. The van der Waals surface area contributed by atoms with Gasteiger partial charge in [0.15, 0.2) is 0 Å². The molecule has 0 bridgehead atoms. The lowest BCUT2D eigenvalue weighted by molar-refractivity contribution is -0.0430. The number of hydrogen-bond donors (Lipinski definition) is 0. The molecule has 0 N–H and O–H groups in total. The minimum Gasteiger partial charge on any atom is -0.370 e. The summed E-state index contributed by atoms with van der Waals surface area (Å²) in [6.07, 6.45) is 10.6. The topological polar surface area (TPSA) is 39.9 Å². The lowest BCUT2D eigenvalue weighted by atomic mass is 9.98. The van der Waals surface area contributed by atoms with E-state index in [1.165, 1.54) is 32.1 Å². The molecule has 5 heteroatoms. The first-order valence-electron chi connectivity index (χ1n) is 6.92. The Labute approximate surface area is 113 Å². The van der Waals surface area contributed by atoms with Gasteiger partial charge in [0.25, 0.3) is 0 Å². The van der Waals surface area contributed by atoms with Gasteiger partial charge in [-0.3, -0.25) is 0 Å². The van der Waals surface area contributed by atoms with E-state index in [0.29, 0.717) is 12.0 Å². The summed E-state index contributed by atoms with van der Waals surface area (Å²) >= 11 is 5.70. The summed E-state index contributed by atoms with van der Waals surface area (Å²) in [4.78, 5) is 0. The molecule has 3 rings (SSSR count). The van der Waals surface area contributed by atoms with Crippen LogP contribution in [0, 0.1) is 0 Å². The predicted octanol–water partition coefficient (Wildman–Crippen LogP) is 2.55. The maximum absolute atomic E-state index is 6.27. The molecule has 1 atom stereocenters. The second-order valence-corrected chi connectivity index (χ2v) is 5.92. The second-order valence-electron chi connectivity index (χ2n) is 5.54. The van der Waals surface area contributed by atoms with Crippen LogP contribution in [-0.2, 0) is 17.7 Å². The SMILES string of the molecule is ClCCc1cn(CC2CCC3(CCCC3)O2)nn1. The number of nitrogens with zero attached hydrogens (tertiary/aromatic N) is 3. The van der Waals surface area contributed by atoms with Crippen LogP contribution in [0.1, 0.15) is 44.2 Å². The van der Waals surface area contributed by atoms with Gasteiger partial charge in [-0.1, -0.05) is 18.1 Å². The predicted molar refractivity (Wildman–Crippen MR) is 69.8 cm³/mol. The molecular weight excluding hydrogens is 250 g/mol. The van der Waals surface area contributed by atoms with Crippen LogP contribution in [0.15, 0.2) is 6.20 Å². The van der Waals surface area contributed by atoms with Crippen molar-refractivity contribution >= 4 is 11.6 Å².